The Kier molecular flexibility index (Phi) is 19.8. The molecule has 4 heterocycles. The summed E-state index contributed by atoms with van der Waals surface area (Å²) < 4.78 is 42.4. The average Bonchev–Trinajstić information content (AvgIpc) is 3.24. The molecule has 0 spiro atoms. The lowest BCUT2D eigenvalue weighted by molar-refractivity contribution is -0.344. The van der Waals surface area contributed by atoms with Crippen molar-refractivity contribution in [2.75, 3.05) is 7.11 Å². The summed E-state index contributed by atoms with van der Waals surface area (Å²) >= 11 is 0. The Bertz CT molecular complexity index is 1610. The maximum Gasteiger partial charge on any atom is 0.331 e. The van der Waals surface area contributed by atoms with Gasteiger partial charge in [-0.3, -0.25) is 0 Å². The molecule has 15 heteroatoms. The third-order valence-electron chi connectivity index (χ3n) is 14.8. The summed E-state index contributed by atoms with van der Waals surface area (Å²) in [5.74, 6) is -8.92. The number of allylic oxidation sites excluding steroid dienone is 4. The van der Waals surface area contributed by atoms with Crippen molar-refractivity contribution in [2.24, 2.45) is 47.3 Å². The summed E-state index contributed by atoms with van der Waals surface area (Å²) in [4.78, 5) is 26.7. The molecular formula is C49H80O15. The maximum atomic E-state index is 13.4. The third-order valence-corrected chi connectivity index (χ3v) is 14.8. The summed E-state index contributed by atoms with van der Waals surface area (Å²) in [7, 11) is 1.61. The van der Waals surface area contributed by atoms with Crippen LogP contribution < -0.4 is 0 Å². The molecule has 6 N–H and O–H groups in total. The van der Waals surface area contributed by atoms with Crippen LogP contribution in [0, 0.1) is 47.3 Å². The fourth-order valence-corrected chi connectivity index (χ4v) is 10.4. The number of aliphatic hydroxyl groups excluding tert-OH is 4. The van der Waals surface area contributed by atoms with Gasteiger partial charge in [-0.15, -0.1) is 0 Å². The van der Waals surface area contributed by atoms with Crippen LogP contribution >= 0.6 is 0 Å². The molecule has 4 aliphatic heterocycles. The number of carbonyl (C=O) groups excluding carboxylic acids is 2. The maximum absolute atomic E-state index is 13.4. The monoisotopic (exact) mass is 909 g/mol. The fourth-order valence-electron chi connectivity index (χ4n) is 10.4. The van der Waals surface area contributed by atoms with Crippen molar-refractivity contribution < 1.29 is 73.4 Å². The molecule has 4 aliphatic rings. The van der Waals surface area contributed by atoms with Gasteiger partial charge in [0, 0.05) is 85.9 Å². The number of hydrogen-bond acceptors (Lipinski definition) is 15. The lowest BCUT2D eigenvalue weighted by Crippen LogP contribution is -2.59. The summed E-state index contributed by atoms with van der Waals surface area (Å²) in [6.45, 7) is 19.9. The van der Waals surface area contributed by atoms with Crippen molar-refractivity contribution in [3.05, 3.63) is 48.6 Å². The minimum Gasteiger partial charge on any atom is -0.458 e. The first-order valence-electron chi connectivity index (χ1n) is 23.5. The van der Waals surface area contributed by atoms with Gasteiger partial charge in [-0.1, -0.05) is 91.8 Å². The zero-order chi connectivity index (χ0) is 47.8. The van der Waals surface area contributed by atoms with E-state index < -0.39 is 120 Å². The molecule has 0 unspecified atom stereocenters. The molecule has 0 aromatic heterocycles. The minimum atomic E-state index is -1.86. The second-order valence-corrected chi connectivity index (χ2v) is 19.2. The van der Waals surface area contributed by atoms with Gasteiger partial charge < -0.3 is 63.8 Å². The number of esters is 2. The number of cyclic esters (lactones) is 2. The smallest absolute Gasteiger partial charge is 0.331 e. The van der Waals surface area contributed by atoms with E-state index in [4.69, 9.17) is 33.2 Å². The van der Waals surface area contributed by atoms with E-state index in [0.29, 0.717) is 6.42 Å². The van der Waals surface area contributed by atoms with Crippen LogP contribution in [0.3, 0.4) is 0 Å². The van der Waals surface area contributed by atoms with E-state index in [9.17, 15) is 40.2 Å². The summed E-state index contributed by atoms with van der Waals surface area (Å²) in [5, 5.41) is 68.1. The van der Waals surface area contributed by atoms with E-state index in [1.54, 1.807) is 66.0 Å². The molecule has 22 atom stereocenters. The molecule has 0 amide bonds. The van der Waals surface area contributed by atoms with Crippen molar-refractivity contribution >= 4 is 11.9 Å². The van der Waals surface area contributed by atoms with Crippen molar-refractivity contribution in [1.82, 2.24) is 0 Å². The van der Waals surface area contributed by atoms with Crippen LogP contribution in [0.4, 0.5) is 0 Å². The molecule has 0 bridgehead atoms. The number of rotatable bonds is 13. The zero-order valence-corrected chi connectivity index (χ0v) is 40.1. The largest absolute Gasteiger partial charge is 0.458 e. The van der Waals surface area contributed by atoms with Crippen molar-refractivity contribution in [3.8, 4) is 0 Å². The van der Waals surface area contributed by atoms with Crippen molar-refractivity contribution in [1.29, 1.82) is 0 Å². The highest BCUT2D eigenvalue weighted by molar-refractivity contribution is 5.83. The predicted molar refractivity (Wildman–Crippen MR) is 238 cm³/mol. The average molecular weight is 909 g/mol. The van der Waals surface area contributed by atoms with Crippen LogP contribution in [-0.2, 0) is 42.7 Å². The Morgan fingerprint density at radius 1 is 0.688 bits per heavy atom. The second kappa shape index (κ2) is 23.5. The quantitative estimate of drug-likeness (QED) is 0.136. The molecule has 3 fully saturated rings. The molecule has 0 saturated carbocycles. The number of hydrogen-bond donors (Lipinski definition) is 6. The molecule has 366 valence electrons. The van der Waals surface area contributed by atoms with E-state index in [-0.39, 0.29) is 43.3 Å². The summed E-state index contributed by atoms with van der Waals surface area (Å²) in [5.41, 5.74) is 0. The van der Waals surface area contributed by atoms with Crippen LogP contribution in [0.25, 0.3) is 0 Å². The zero-order valence-electron chi connectivity index (χ0n) is 40.1. The first-order chi connectivity index (χ1) is 30.0. The summed E-state index contributed by atoms with van der Waals surface area (Å²) in [6.07, 6.45) is 4.65. The van der Waals surface area contributed by atoms with Crippen molar-refractivity contribution in [3.63, 3.8) is 0 Å². The van der Waals surface area contributed by atoms with E-state index in [1.807, 2.05) is 41.5 Å². The van der Waals surface area contributed by atoms with Gasteiger partial charge in [-0.25, -0.2) is 9.59 Å². The lowest BCUT2D eigenvalue weighted by atomic mass is 9.76. The number of ether oxygens (including phenoxy) is 7. The minimum absolute atomic E-state index is 0.0102. The van der Waals surface area contributed by atoms with E-state index in [0.717, 1.165) is 6.42 Å². The van der Waals surface area contributed by atoms with Crippen LogP contribution in [0.5, 0.6) is 0 Å². The van der Waals surface area contributed by atoms with Crippen LogP contribution in [0.2, 0.25) is 0 Å². The van der Waals surface area contributed by atoms with Crippen molar-refractivity contribution in [2.45, 2.75) is 193 Å². The van der Waals surface area contributed by atoms with Gasteiger partial charge in [-0.2, -0.15) is 0 Å². The van der Waals surface area contributed by atoms with Crippen LogP contribution in [0.1, 0.15) is 108 Å². The molecule has 3 saturated heterocycles. The molecular weight excluding hydrogens is 829 g/mol. The Morgan fingerprint density at radius 3 is 1.52 bits per heavy atom. The molecule has 0 aliphatic carbocycles. The highest BCUT2D eigenvalue weighted by Gasteiger charge is 2.53. The highest BCUT2D eigenvalue weighted by atomic mass is 16.7. The molecule has 0 radical (unpaired) electrons. The molecule has 0 aromatic carbocycles. The van der Waals surface area contributed by atoms with Crippen LogP contribution in [0.15, 0.2) is 48.6 Å². The van der Waals surface area contributed by atoms with Gasteiger partial charge in [0.15, 0.2) is 17.9 Å². The molecule has 64 heavy (non-hydrogen) atoms. The third kappa shape index (κ3) is 12.9. The molecule has 4 rings (SSSR count). The molecule has 0 aromatic rings. The van der Waals surface area contributed by atoms with Gasteiger partial charge in [0.1, 0.15) is 18.3 Å². The fraction of sp³-hybridized carbons (Fsp3) is 0.796. The first kappa shape index (κ1) is 54.1. The second-order valence-electron chi connectivity index (χ2n) is 19.2. The predicted octanol–water partition coefficient (Wildman–Crippen LogP) is 4.89. The number of methoxy groups -OCH3 is 1. The Balaban J connectivity index is 1.50. The topological polar surface area (TPSA) is 220 Å². The first-order valence-corrected chi connectivity index (χ1v) is 23.5. The van der Waals surface area contributed by atoms with Gasteiger partial charge in [0.05, 0.1) is 48.8 Å². The SMILES string of the molecule is CC[C@@H]1[C@@H](C)O[C@@](O)([C@@H](C)[C@H](O)[C@H](C)[C@H]2OC(=O)/C=C/C=C/[C@H](C)[C@@H]([C@@H](C)[C@@H](O)[C@@H](C)[C@@]3(O)C[C@@H](O[C@H]4C[C@H](O)[C@H](O)[C@H](C)O4)[C@H](CC)[C@@H](C)O3)OC(=O)/C=C/C=C/[C@@H]2C)C[C@H]1OC. The van der Waals surface area contributed by atoms with E-state index in [1.165, 1.54) is 24.3 Å². The lowest BCUT2D eigenvalue weighted by Gasteiger charge is -2.50. The Hall–Kier alpha value is -2.54. The van der Waals surface area contributed by atoms with E-state index in [2.05, 4.69) is 0 Å². The Labute approximate surface area is 380 Å². The highest BCUT2D eigenvalue weighted by Crippen LogP contribution is 2.44. The molecule has 15 nitrogen and oxygen atoms in total. The van der Waals surface area contributed by atoms with Gasteiger partial charge in [0.2, 0.25) is 0 Å². The Morgan fingerprint density at radius 2 is 1.11 bits per heavy atom. The number of carbonyl (C=O) groups is 2. The summed E-state index contributed by atoms with van der Waals surface area (Å²) in [6, 6.07) is 0. The van der Waals surface area contributed by atoms with Gasteiger partial charge >= 0.3 is 11.9 Å². The number of aliphatic hydroxyl groups is 6. The van der Waals surface area contributed by atoms with E-state index >= 15 is 0 Å². The van der Waals surface area contributed by atoms with Crippen LogP contribution in [-0.4, -0.2) is 135 Å². The van der Waals surface area contributed by atoms with Gasteiger partial charge in [-0.05, 0) is 33.6 Å². The standard InChI is InChI=1S/C49H80O15/c1-13-35-32(9)63-48(56,24-38(35)58-12)30(7)43(53)28(5)46-26(3)19-15-17-22-41(52)62-47(27(4)20-16-18-21-40(51)61-46)29(6)44(54)31(8)49(57)25-39(36(14-2)33(10)64-49)60-42-23-37(50)45(55)34(11)59-42/h15-22,26-39,42-47,50,53-57H,13-14,23-25H2,1-12H3/b19-15+,20-16+,21-18+,22-17+/t26-,27-,28-,29-,30-,31+,32+,33+,34-,35+,36+,37-,38+,39+,42-,43+,44+,45+,46-,47-,48+,49+/m0/s1. The normalized spacial score (nSPS) is 44.2. The van der Waals surface area contributed by atoms with Gasteiger partial charge in [0.25, 0.3) is 0 Å².